The first-order valence-corrected chi connectivity index (χ1v) is 18.3. The first-order valence-electron chi connectivity index (χ1n) is 18.3. The highest BCUT2D eigenvalue weighted by Gasteiger charge is 2.65. The van der Waals surface area contributed by atoms with Crippen molar-refractivity contribution in [2.45, 2.75) is 95.5 Å². The summed E-state index contributed by atoms with van der Waals surface area (Å²) in [5.41, 5.74) is 2.83. The molecule has 2 aliphatic carbocycles. The van der Waals surface area contributed by atoms with Crippen molar-refractivity contribution >= 4 is 11.6 Å². The number of oxime groups is 1. The maximum Gasteiger partial charge on any atom is 0.239 e. The summed E-state index contributed by atoms with van der Waals surface area (Å²) in [5.74, 6) is -0.446. The number of nitrogens with zero attached hydrogens (tertiary/aromatic N) is 2. The highest BCUT2D eigenvalue weighted by Crippen LogP contribution is 2.61. The SMILES string of the molecule is C=CCOC12Oc3ccc(O)cc3C3C(CCCCO)C(CCCCO)C=C(C(=NOC(C)(C)C)CC1N(C)C(=O)Cc1cccc(OC)c1)C32. The Morgan fingerprint density at radius 1 is 1.10 bits per heavy atom. The van der Waals surface area contributed by atoms with Crippen molar-refractivity contribution in [2.75, 3.05) is 34.0 Å². The molecule has 2 aromatic carbocycles. The summed E-state index contributed by atoms with van der Waals surface area (Å²) in [7, 11) is 3.40. The fourth-order valence-corrected chi connectivity index (χ4v) is 8.18. The summed E-state index contributed by atoms with van der Waals surface area (Å²) < 4.78 is 19.4. The van der Waals surface area contributed by atoms with Crippen LogP contribution in [0.5, 0.6) is 17.2 Å². The summed E-state index contributed by atoms with van der Waals surface area (Å²) in [6.07, 6.45) is 9.16. The van der Waals surface area contributed by atoms with E-state index in [2.05, 4.69) is 12.7 Å². The molecular weight excluding hydrogens is 648 g/mol. The van der Waals surface area contributed by atoms with Crippen LogP contribution in [0.2, 0.25) is 0 Å². The number of allylic oxidation sites excluding steroid dienone is 1. The number of fused-ring (bicyclic) bond motifs is 2. The Kier molecular flexibility index (Phi) is 12.5. The van der Waals surface area contributed by atoms with E-state index in [1.54, 1.807) is 43.3 Å². The molecule has 3 N–H and O–H groups in total. The number of aliphatic hydroxyl groups excluding tert-OH is 2. The van der Waals surface area contributed by atoms with E-state index in [-0.39, 0.29) is 55.7 Å². The molecule has 1 amide bonds. The summed E-state index contributed by atoms with van der Waals surface area (Å²) in [6, 6.07) is 12.1. The Hall–Kier alpha value is -3.86. The molecule has 6 unspecified atom stereocenters. The standard InChI is InChI=1S/C41H56N2O8/c1-7-21-49-41-36(43(5)37(47)23-27-13-12-15-30(22-27)48-6)26-34(42-51-40(2,3)4)32-24-28(14-8-10-19-44)31(16-9-11-20-45)38(39(32)41)33-25-29(46)17-18-35(33)50-41/h7,12-13,15,17-18,22,24-25,28,31,36,38-39,44-46H,1,8-11,14,16,19-21,23,26H2,2-6H3. The largest absolute Gasteiger partial charge is 0.508 e. The molecule has 278 valence electrons. The molecule has 5 rings (SSSR count). The number of carbonyl (C=O) groups is 1. The van der Waals surface area contributed by atoms with E-state index in [1.807, 2.05) is 45.0 Å². The molecule has 0 radical (unpaired) electrons. The number of ether oxygens (including phenoxy) is 3. The zero-order chi connectivity index (χ0) is 36.8. The lowest BCUT2D eigenvalue weighted by Gasteiger charge is -2.59. The van der Waals surface area contributed by atoms with Gasteiger partial charge in [-0.1, -0.05) is 42.3 Å². The Balaban J connectivity index is 1.72. The third-order valence-corrected chi connectivity index (χ3v) is 10.4. The highest BCUT2D eigenvalue weighted by molar-refractivity contribution is 6.03. The zero-order valence-electron chi connectivity index (χ0n) is 30.8. The van der Waals surface area contributed by atoms with E-state index in [1.165, 1.54) is 0 Å². The van der Waals surface area contributed by atoms with Crippen molar-refractivity contribution in [3.05, 3.63) is 77.9 Å². The van der Waals surface area contributed by atoms with E-state index in [0.717, 1.165) is 48.1 Å². The highest BCUT2D eigenvalue weighted by atomic mass is 16.7. The van der Waals surface area contributed by atoms with Crippen molar-refractivity contribution in [1.29, 1.82) is 0 Å². The fourth-order valence-electron chi connectivity index (χ4n) is 8.18. The number of aliphatic hydroxyl groups is 2. The van der Waals surface area contributed by atoms with Gasteiger partial charge >= 0.3 is 0 Å². The van der Waals surface area contributed by atoms with Gasteiger partial charge < -0.3 is 39.3 Å². The lowest BCUT2D eigenvalue weighted by atomic mass is 9.55. The van der Waals surface area contributed by atoms with Gasteiger partial charge in [0.05, 0.1) is 31.8 Å². The molecule has 1 fully saturated rings. The van der Waals surface area contributed by atoms with Crippen LogP contribution in [0.15, 0.2) is 71.9 Å². The molecule has 1 saturated carbocycles. The fraction of sp³-hybridized carbons (Fsp3) is 0.561. The molecule has 51 heavy (non-hydrogen) atoms. The molecule has 1 heterocycles. The molecule has 6 atom stereocenters. The quantitative estimate of drug-likeness (QED) is 0.102. The molecular formula is C41H56N2O8. The monoisotopic (exact) mass is 704 g/mol. The first kappa shape index (κ1) is 38.4. The van der Waals surface area contributed by atoms with Crippen LogP contribution in [-0.2, 0) is 20.8 Å². The first-order chi connectivity index (χ1) is 24.5. The third-order valence-electron chi connectivity index (χ3n) is 10.4. The van der Waals surface area contributed by atoms with Crippen molar-refractivity contribution < 1.29 is 39.2 Å². The molecule has 10 heteroatoms. The number of methoxy groups -OCH3 is 1. The Morgan fingerprint density at radius 3 is 2.53 bits per heavy atom. The maximum atomic E-state index is 14.3. The van der Waals surface area contributed by atoms with E-state index in [4.69, 9.17) is 24.2 Å². The second kappa shape index (κ2) is 16.7. The van der Waals surface area contributed by atoms with E-state index >= 15 is 0 Å². The molecule has 10 nitrogen and oxygen atoms in total. The number of benzene rings is 2. The number of hydrogen-bond donors (Lipinski definition) is 3. The van der Waals surface area contributed by atoms with Crippen molar-refractivity contribution in [1.82, 2.24) is 4.90 Å². The minimum absolute atomic E-state index is 0.0847. The summed E-state index contributed by atoms with van der Waals surface area (Å²) in [6.45, 7) is 10.2. The average molecular weight is 705 g/mol. The van der Waals surface area contributed by atoms with Gasteiger partial charge in [-0.3, -0.25) is 4.79 Å². The van der Waals surface area contributed by atoms with Crippen LogP contribution in [0.3, 0.4) is 0 Å². The minimum atomic E-state index is -1.33. The van der Waals surface area contributed by atoms with Crippen LogP contribution in [0.1, 0.15) is 82.8 Å². The van der Waals surface area contributed by atoms with Gasteiger partial charge in [-0.15, -0.1) is 6.58 Å². The smallest absolute Gasteiger partial charge is 0.239 e. The minimum Gasteiger partial charge on any atom is -0.508 e. The van der Waals surface area contributed by atoms with Crippen LogP contribution in [0.25, 0.3) is 0 Å². The van der Waals surface area contributed by atoms with Gasteiger partial charge in [-0.2, -0.15) is 0 Å². The number of phenolic OH excluding ortho intramolecular Hbond substituents is 1. The molecule has 2 aromatic rings. The number of hydrogen-bond acceptors (Lipinski definition) is 9. The van der Waals surface area contributed by atoms with Crippen molar-refractivity contribution in [2.24, 2.45) is 22.9 Å². The van der Waals surface area contributed by atoms with E-state index in [9.17, 15) is 20.1 Å². The van der Waals surface area contributed by atoms with Gasteiger partial charge in [0.25, 0.3) is 0 Å². The topological polar surface area (TPSA) is 130 Å². The lowest BCUT2D eigenvalue weighted by molar-refractivity contribution is -0.255. The number of carbonyl (C=O) groups excluding carboxylic acids is 1. The van der Waals surface area contributed by atoms with Crippen LogP contribution in [0, 0.1) is 17.8 Å². The van der Waals surface area contributed by atoms with E-state index < -0.39 is 23.3 Å². The van der Waals surface area contributed by atoms with Crippen molar-refractivity contribution in [3.63, 3.8) is 0 Å². The van der Waals surface area contributed by atoms with Crippen LogP contribution in [0.4, 0.5) is 0 Å². The average Bonchev–Trinajstić information content (AvgIpc) is 3.10. The molecule has 0 saturated heterocycles. The predicted molar refractivity (Wildman–Crippen MR) is 197 cm³/mol. The predicted octanol–water partition coefficient (Wildman–Crippen LogP) is 6.53. The number of unbranched alkanes of at least 4 members (excludes halogenated alkanes) is 2. The van der Waals surface area contributed by atoms with Crippen LogP contribution in [-0.4, -0.2) is 83.2 Å². The molecule has 0 bridgehead atoms. The molecule has 0 aromatic heterocycles. The second-order valence-corrected chi connectivity index (χ2v) is 15.0. The van der Waals surface area contributed by atoms with Crippen LogP contribution >= 0.6 is 0 Å². The third kappa shape index (κ3) is 8.45. The number of likely N-dealkylation sites (N-methyl/N-ethyl adjacent to an activating group) is 1. The molecule has 1 aliphatic heterocycles. The Morgan fingerprint density at radius 2 is 1.84 bits per heavy atom. The normalized spacial score (nSPS) is 26.0. The van der Waals surface area contributed by atoms with Gasteiger partial charge in [0.15, 0.2) is 0 Å². The van der Waals surface area contributed by atoms with Crippen LogP contribution < -0.4 is 9.47 Å². The van der Waals surface area contributed by atoms with Gasteiger partial charge in [0.2, 0.25) is 11.7 Å². The molecule has 3 aliphatic rings. The van der Waals surface area contributed by atoms with E-state index in [0.29, 0.717) is 30.8 Å². The molecule has 0 spiro atoms. The van der Waals surface area contributed by atoms with Crippen molar-refractivity contribution in [3.8, 4) is 17.2 Å². The Labute approximate surface area is 302 Å². The summed E-state index contributed by atoms with van der Waals surface area (Å²) in [4.78, 5) is 22.2. The maximum absolute atomic E-state index is 14.3. The van der Waals surface area contributed by atoms with Gasteiger partial charge in [-0.05, 0) is 99.8 Å². The zero-order valence-corrected chi connectivity index (χ0v) is 30.8. The van der Waals surface area contributed by atoms with Gasteiger partial charge in [-0.25, -0.2) is 0 Å². The van der Waals surface area contributed by atoms with Gasteiger partial charge in [0.1, 0.15) is 28.9 Å². The number of aromatic hydroxyl groups is 1. The number of rotatable bonds is 16. The van der Waals surface area contributed by atoms with Gasteiger partial charge in [0, 0.05) is 38.2 Å². The second-order valence-electron chi connectivity index (χ2n) is 15.0. The Bertz CT molecular complexity index is 1580. The summed E-state index contributed by atoms with van der Waals surface area (Å²) >= 11 is 0. The lowest BCUT2D eigenvalue weighted by Crippen LogP contribution is -2.69. The number of amides is 1. The summed E-state index contributed by atoms with van der Waals surface area (Å²) in [5, 5.41) is 35.1. The number of phenols is 1.